The molecule has 32 heavy (non-hydrogen) atoms. The number of rotatable bonds is 12. The van der Waals surface area contributed by atoms with Crippen LogP contribution in [0.25, 0.3) is 0 Å². The van der Waals surface area contributed by atoms with Crippen molar-refractivity contribution in [3.05, 3.63) is 53.1 Å². The third-order valence-corrected chi connectivity index (χ3v) is 6.65. The molecule has 1 heterocycles. The minimum absolute atomic E-state index is 0.125. The van der Waals surface area contributed by atoms with Gasteiger partial charge in [0, 0.05) is 36.3 Å². The number of aliphatic hydroxyl groups is 1. The lowest BCUT2D eigenvalue weighted by molar-refractivity contribution is 0.286. The second-order valence-corrected chi connectivity index (χ2v) is 8.88. The predicted molar refractivity (Wildman–Crippen MR) is 128 cm³/mol. The van der Waals surface area contributed by atoms with Gasteiger partial charge < -0.3 is 19.9 Å². The molecule has 2 N–H and O–H groups in total. The van der Waals surface area contributed by atoms with Crippen LogP contribution in [0.5, 0.6) is 11.5 Å². The Morgan fingerprint density at radius 2 is 2.06 bits per heavy atom. The SMILES string of the molecule is COc1ccc(CN(Sc2cc(Cl)c(NCCCCO)cc2F)c2ncns2)c(OC)c1. The summed E-state index contributed by atoms with van der Waals surface area (Å²) in [4.78, 5) is 4.64. The number of hydrogen-bond donors (Lipinski definition) is 2. The maximum Gasteiger partial charge on any atom is 0.215 e. The molecule has 0 radical (unpaired) electrons. The van der Waals surface area contributed by atoms with Crippen LogP contribution in [0.3, 0.4) is 0 Å². The molecule has 11 heteroatoms. The molecule has 0 spiro atoms. The van der Waals surface area contributed by atoms with Crippen molar-refractivity contribution in [2.24, 2.45) is 0 Å². The Labute approximate surface area is 199 Å². The van der Waals surface area contributed by atoms with Crippen LogP contribution in [-0.2, 0) is 6.54 Å². The first-order chi connectivity index (χ1) is 15.5. The zero-order chi connectivity index (χ0) is 22.9. The number of hydrogen-bond acceptors (Lipinski definition) is 9. The van der Waals surface area contributed by atoms with Gasteiger partial charge in [0.15, 0.2) is 0 Å². The fraction of sp³-hybridized carbons (Fsp3) is 0.333. The lowest BCUT2D eigenvalue weighted by atomic mass is 10.2. The quantitative estimate of drug-likeness (QED) is 0.259. The van der Waals surface area contributed by atoms with E-state index in [9.17, 15) is 4.39 Å². The molecule has 0 fully saturated rings. The molecule has 1 aromatic heterocycles. The molecule has 0 atom stereocenters. The van der Waals surface area contributed by atoms with Gasteiger partial charge in [-0.25, -0.2) is 9.37 Å². The number of benzene rings is 2. The number of aromatic nitrogens is 2. The van der Waals surface area contributed by atoms with Gasteiger partial charge in [-0.05, 0) is 49.1 Å². The Hall–Kier alpha value is -2.27. The Morgan fingerprint density at radius 1 is 1.22 bits per heavy atom. The van der Waals surface area contributed by atoms with E-state index in [4.69, 9.17) is 26.2 Å². The monoisotopic (exact) mass is 498 g/mol. The van der Waals surface area contributed by atoms with E-state index in [1.54, 1.807) is 26.4 Å². The van der Waals surface area contributed by atoms with Crippen molar-refractivity contribution in [1.29, 1.82) is 0 Å². The first kappa shape index (κ1) is 24.4. The summed E-state index contributed by atoms with van der Waals surface area (Å²) in [5.74, 6) is 0.932. The van der Waals surface area contributed by atoms with Gasteiger partial charge in [-0.3, -0.25) is 4.31 Å². The summed E-state index contributed by atoms with van der Waals surface area (Å²) in [5.41, 5.74) is 1.40. The highest BCUT2D eigenvalue weighted by molar-refractivity contribution is 8.00. The van der Waals surface area contributed by atoms with Gasteiger partial charge in [-0.2, -0.15) is 4.37 Å². The van der Waals surface area contributed by atoms with Crippen LogP contribution in [0.2, 0.25) is 5.02 Å². The molecule has 0 saturated heterocycles. The van der Waals surface area contributed by atoms with Crippen molar-refractivity contribution in [1.82, 2.24) is 9.36 Å². The van der Waals surface area contributed by atoms with Crippen LogP contribution in [0, 0.1) is 5.82 Å². The van der Waals surface area contributed by atoms with Gasteiger partial charge in [0.1, 0.15) is 23.6 Å². The summed E-state index contributed by atoms with van der Waals surface area (Å²) in [5, 5.41) is 13.0. The average molecular weight is 499 g/mol. The smallest absolute Gasteiger partial charge is 0.215 e. The predicted octanol–water partition coefficient (Wildman–Crippen LogP) is 5.25. The van der Waals surface area contributed by atoms with Gasteiger partial charge in [0.25, 0.3) is 0 Å². The maximum atomic E-state index is 14.9. The number of anilines is 2. The van der Waals surface area contributed by atoms with Gasteiger partial charge in [0.05, 0.1) is 36.4 Å². The zero-order valence-electron chi connectivity index (χ0n) is 17.7. The molecular weight excluding hydrogens is 475 g/mol. The Kier molecular flexibility index (Phi) is 9.22. The van der Waals surface area contributed by atoms with Crippen LogP contribution in [0.4, 0.5) is 15.2 Å². The molecule has 0 saturated carbocycles. The second kappa shape index (κ2) is 12.1. The van der Waals surface area contributed by atoms with Crippen LogP contribution in [-0.4, -0.2) is 41.8 Å². The van der Waals surface area contributed by atoms with E-state index in [1.165, 1.54) is 35.9 Å². The molecule has 2 aromatic carbocycles. The van der Waals surface area contributed by atoms with E-state index in [-0.39, 0.29) is 6.61 Å². The minimum atomic E-state index is -0.403. The van der Waals surface area contributed by atoms with Crippen molar-refractivity contribution in [3.63, 3.8) is 0 Å². The summed E-state index contributed by atoms with van der Waals surface area (Å²) in [6.45, 7) is 1.12. The third-order valence-electron chi connectivity index (χ3n) is 4.50. The molecule has 0 aliphatic rings. The van der Waals surface area contributed by atoms with E-state index >= 15 is 0 Å². The number of aliphatic hydroxyl groups excluding tert-OH is 1. The van der Waals surface area contributed by atoms with Crippen LogP contribution >= 0.6 is 35.1 Å². The number of ether oxygens (including phenoxy) is 2. The van der Waals surface area contributed by atoms with E-state index in [0.717, 1.165) is 12.0 Å². The minimum Gasteiger partial charge on any atom is -0.497 e. The number of nitrogens with one attached hydrogen (secondary N) is 1. The Bertz CT molecular complexity index is 1010. The van der Waals surface area contributed by atoms with Crippen molar-refractivity contribution in [2.75, 3.05) is 37.0 Å². The summed E-state index contributed by atoms with van der Waals surface area (Å²) >= 11 is 8.79. The van der Waals surface area contributed by atoms with E-state index in [1.807, 2.05) is 16.4 Å². The second-order valence-electron chi connectivity index (χ2n) is 6.65. The molecule has 0 unspecified atom stereocenters. The molecule has 0 amide bonds. The standard InChI is InChI=1S/C21H24ClFN4O3S2/c1-29-15-6-5-14(19(9-15)30-2)12-27(21-25-13-26-31-21)32-20-10-16(22)18(11-17(20)23)24-7-3-4-8-28/h5-6,9-11,13,24,28H,3-4,7-8,12H2,1-2H3. The molecule has 7 nitrogen and oxygen atoms in total. The van der Waals surface area contributed by atoms with E-state index in [2.05, 4.69) is 14.7 Å². The summed E-state index contributed by atoms with van der Waals surface area (Å²) in [6, 6.07) is 8.52. The zero-order valence-corrected chi connectivity index (χ0v) is 20.1. The normalized spacial score (nSPS) is 10.8. The van der Waals surface area contributed by atoms with Gasteiger partial charge in [-0.15, -0.1) is 0 Å². The van der Waals surface area contributed by atoms with Gasteiger partial charge in [0.2, 0.25) is 5.13 Å². The fourth-order valence-electron chi connectivity index (χ4n) is 2.87. The topological polar surface area (TPSA) is 79.7 Å². The average Bonchev–Trinajstić information content (AvgIpc) is 3.34. The lowest BCUT2D eigenvalue weighted by Crippen LogP contribution is -2.15. The summed E-state index contributed by atoms with van der Waals surface area (Å²) in [6.07, 6.45) is 2.90. The highest BCUT2D eigenvalue weighted by Crippen LogP contribution is 2.38. The summed E-state index contributed by atoms with van der Waals surface area (Å²) < 4.78 is 31.6. The summed E-state index contributed by atoms with van der Waals surface area (Å²) in [7, 11) is 3.18. The van der Waals surface area contributed by atoms with Gasteiger partial charge in [-0.1, -0.05) is 11.6 Å². The number of unbranched alkanes of at least 4 members (excludes halogenated alkanes) is 1. The number of halogens is 2. The molecule has 172 valence electrons. The lowest BCUT2D eigenvalue weighted by Gasteiger charge is -2.22. The van der Waals surface area contributed by atoms with Crippen LogP contribution in [0.1, 0.15) is 18.4 Å². The molecule has 3 aromatic rings. The first-order valence-corrected chi connectivity index (χ1v) is 11.7. The number of methoxy groups -OCH3 is 2. The highest BCUT2D eigenvalue weighted by atomic mass is 35.5. The largest absolute Gasteiger partial charge is 0.497 e. The van der Waals surface area contributed by atoms with Crippen molar-refractivity contribution < 1.29 is 19.0 Å². The molecule has 0 aliphatic carbocycles. The van der Waals surface area contributed by atoms with Crippen molar-refractivity contribution in [2.45, 2.75) is 24.3 Å². The number of nitrogens with zero attached hydrogens (tertiary/aromatic N) is 3. The molecule has 0 aliphatic heterocycles. The highest BCUT2D eigenvalue weighted by Gasteiger charge is 2.19. The molecular formula is C21H24ClFN4O3S2. The fourth-order valence-corrected chi connectivity index (χ4v) is 4.69. The van der Waals surface area contributed by atoms with Crippen molar-refractivity contribution in [3.8, 4) is 11.5 Å². The van der Waals surface area contributed by atoms with Gasteiger partial charge >= 0.3 is 0 Å². The van der Waals surface area contributed by atoms with E-state index < -0.39 is 5.82 Å². The van der Waals surface area contributed by atoms with E-state index in [0.29, 0.717) is 51.7 Å². The van der Waals surface area contributed by atoms with Crippen LogP contribution in [0.15, 0.2) is 41.6 Å². The van der Waals surface area contributed by atoms with Crippen LogP contribution < -0.4 is 19.1 Å². The Morgan fingerprint density at radius 3 is 2.75 bits per heavy atom. The molecule has 3 rings (SSSR count). The first-order valence-electron chi connectivity index (χ1n) is 9.82. The molecule has 0 bridgehead atoms. The Balaban J connectivity index is 1.82. The van der Waals surface area contributed by atoms with Crippen molar-refractivity contribution >= 4 is 45.9 Å². The third kappa shape index (κ3) is 6.38. The maximum absolute atomic E-state index is 14.9.